The number of hydrogen-bond acceptors (Lipinski definition) is 3. The molecule has 0 bridgehead atoms. The SMILES string of the molecule is CC(C)C[C@@H](NC(=O)c1ccccc1F)C(=O)NCc1cccnc1. The van der Waals surface area contributed by atoms with Crippen molar-refractivity contribution in [2.75, 3.05) is 0 Å². The molecular weight excluding hydrogens is 321 g/mol. The third-order valence-electron chi connectivity index (χ3n) is 3.64. The lowest BCUT2D eigenvalue weighted by Gasteiger charge is -2.20. The van der Waals surface area contributed by atoms with Crippen LogP contribution in [0, 0.1) is 11.7 Å². The number of pyridine rings is 1. The summed E-state index contributed by atoms with van der Waals surface area (Å²) in [5.74, 6) is -1.32. The van der Waals surface area contributed by atoms with Crippen molar-refractivity contribution >= 4 is 11.8 Å². The second kappa shape index (κ2) is 8.92. The van der Waals surface area contributed by atoms with Crippen molar-refractivity contribution in [2.24, 2.45) is 5.92 Å². The number of carbonyl (C=O) groups excluding carboxylic acids is 2. The lowest BCUT2D eigenvalue weighted by molar-refractivity contribution is -0.123. The predicted molar refractivity (Wildman–Crippen MR) is 93.2 cm³/mol. The van der Waals surface area contributed by atoms with Gasteiger partial charge in [-0.1, -0.05) is 32.0 Å². The molecule has 25 heavy (non-hydrogen) atoms. The minimum Gasteiger partial charge on any atom is -0.350 e. The van der Waals surface area contributed by atoms with Crippen LogP contribution in [0.3, 0.4) is 0 Å². The molecule has 0 unspecified atom stereocenters. The minimum absolute atomic E-state index is 0.0729. The summed E-state index contributed by atoms with van der Waals surface area (Å²) >= 11 is 0. The molecule has 0 spiro atoms. The van der Waals surface area contributed by atoms with E-state index in [1.165, 1.54) is 18.2 Å². The predicted octanol–water partition coefficient (Wildman–Crippen LogP) is 2.68. The Morgan fingerprint density at radius 3 is 2.56 bits per heavy atom. The van der Waals surface area contributed by atoms with Crippen LogP contribution in [0.2, 0.25) is 0 Å². The number of hydrogen-bond donors (Lipinski definition) is 2. The molecular formula is C19H22FN3O2. The van der Waals surface area contributed by atoms with Crippen molar-refractivity contribution < 1.29 is 14.0 Å². The van der Waals surface area contributed by atoms with E-state index >= 15 is 0 Å². The third-order valence-corrected chi connectivity index (χ3v) is 3.64. The molecule has 1 aromatic carbocycles. The summed E-state index contributed by atoms with van der Waals surface area (Å²) in [6.07, 6.45) is 3.77. The van der Waals surface area contributed by atoms with Gasteiger partial charge in [0.25, 0.3) is 5.91 Å². The maximum absolute atomic E-state index is 13.8. The smallest absolute Gasteiger partial charge is 0.254 e. The number of amides is 2. The fourth-order valence-electron chi connectivity index (χ4n) is 2.40. The zero-order valence-corrected chi connectivity index (χ0v) is 14.3. The van der Waals surface area contributed by atoms with Gasteiger partial charge in [0.15, 0.2) is 0 Å². The van der Waals surface area contributed by atoms with E-state index in [4.69, 9.17) is 0 Å². The number of halogens is 1. The van der Waals surface area contributed by atoms with Crippen LogP contribution in [-0.4, -0.2) is 22.8 Å². The van der Waals surface area contributed by atoms with Crippen LogP contribution < -0.4 is 10.6 Å². The van der Waals surface area contributed by atoms with Gasteiger partial charge in [0.1, 0.15) is 11.9 Å². The van der Waals surface area contributed by atoms with Gasteiger partial charge in [-0.3, -0.25) is 14.6 Å². The lowest BCUT2D eigenvalue weighted by atomic mass is 10.0. The number of nitrogens with zero attached hydrogens (tertiary/aromatic N) is 1. The largest absolute Gasteiger partial charge is 0.350 e. The van der Waals surface area contributed by atoms with E-state index in [9.17, 15) is 14.0 Å². The maximum Gasteiger partial charge on any atom is 0.254 e. The molecule has 0 aliphatic rings. The average molecular weight is 343 g/mol. The fourth-order valence-corrected chi connectivity index (χ4v) is 2.40. The van der Waals surface area contributed by atoms with E-state index in [1.807, 2.05) is 19.9 Å². The van der Waals surface area contributed by atoms with E-state index < -0.39 is 17.8 Å². The molecule has 2 rings (SSSR count). The normalized spacial score (nSPS) is 11.8. The highest BCUT2D eigenvalue weighted by atomic mass is 19.1. The highest BCUT2D eigenvalue weighted by Gasteiger charge is 2.23. The van der Waals surface area contributed by atoms with E-state index in [0.717, 1.165) is 5.56 Å². The zero-order valence-electron chi connectivity index (χ0n) is 14.3. The molecule has 1 atom stereocenters. The molecule has 132 valence electrons. The molecule has 0 aliphatic carbocycles. The summed E-state index contributed by atoms with van der Waals surface area (Å²) < 4.78 is 13.8. The van der Waals surface area contributed by atoms with E-state index in [0.29, 0.717) is 13.0 Å². The van der Waals surface area contributed by atoms with Crippen molar-refractivity contribution in [1.29, 1.82) is 0 Å². The summed E-state index contributed by atoms with van der Waals surface area (Å²) in [6.45, 7) is 4.23. The fraction of sp³-hybridized carbons (Fsp3) is 0.316. The molecule has 5 nitrogen and oxygen atoms in total. The Labute approximate surface area is 146 Å². The van der Waals surface area contributed by atoms with Gasteiger partial charge in [0.2, 0.25) is 5.91 Å². The quantitative estimate of drug-likeness (QED) is 0.812. The molecule has 2 amide bonds. The minimum atomic E-state index is -0.733. The maximum atomic E-state index is 13.8. The molecule has 0 radical (unpaired) electrons. The van der Waals surface area contributed by atoms with Gasteiger partial charge in [-0.2, -0.15) is 0 Å². The van der Waals surface area contributed by atoms with Gasteiger partial charge >= 0.3 is 0 Å². The average Bonchev–Trinajstić information content (AvgIpc) is 2.60. The second-order valence-electron chi connectivity index (χ2n) is 6.21. The summed E-state index contributed by atoms with van der Waals surface area (Å²) in [5.41, 5.74) is 0.788. The summed E-state index contributed by atoms with van der Waals surface area (Å²) in [7, 11) is 0. The van der Waals surface area contributed by atoms with Gasteiger partial charge in [0, 0.05) is 18.9 Å². The summed E-state index contributed by atoms with van der Waals surface area (Å²) in [5, 5.41) is 5.42. The molecule has 0 fully saturated rings. The molecule has 6 heteroatoms. The molecule has 1 aromatic heterocycles. The van der Waals surface area contributed by atoms with Crippen LogP contribution in [-0.2, 0) is 11.3 Å². The van der Waals surface area contributed by atoms with Gasteiger partial charge in [-0.05, 0) is 36.1 Å². The van der Waals surface area contributed by atoms with Gasteiger partial charge in [-0.15, -0.1) is 0 Å². The van der Waals surface area contributed by atoms with Gasteiger partial charge in [0.05, 0.1) is 5.56 Å². The standard InChI is InChI=1S/C19H22FN3O2/c1-13(2)10-17(19(25)22-12-14-6-5-9-21-11-14)23-18(24)15-7-3-4-8-16(15)20/h3-9,11,13,17H,10,12H2,1-2H3,(H,22,25)(H,23,24)/t17-/m1/s1. The van der Waals surface area contributed by atoms with E-state index in [1.54, 1.807) is 24.5 Å². The monoisotopic (exact) mass is 343 g/mol. The number of rotatable bonds is 7. The Kier molecular flexibility index (Phi) is 6.62. The Balaban J connectivity index is 2.03. The van der Waals surface area contributed by atoms with Crippen molar-refractivity contribution in [3.8, 4) is 0 Å². The van der Waals surface area contributed by atoms with Crippen LogP contribution in [0.4, 0.5) is 4.39 Å². The number of aromatic nitrogens is 1. The summed E-state index contributed by atoms with van der Waals surface area (Å²) in [6, 6.07) is 8.61. The number of benzene rings is 1. The first-order valence-corrected chi connectivity index (χ1v) is 8.19. The van der Waals surface area contributed by atoms with Gasteiger partial charge in [-0.25, -0.2) is 4.39 Å². The Morgan fingerprint density at radius 1 is 1.16 bits per heavy atom. The highest BCUT2D eigenvalue weighted by Crippen LogP contribution is 2.10. The van der Waals surface area contributed by atoms with Crippen molar-refractivity contribution in [1.82, 2.24) is 15.6 Å². The molecule has 2 aromatic rings. The number of nitrogens with one attached hydrogen (secondary N) is 2. The number of carbonyl (C=O) groups is 2. The topological polar surface area (TPSA) is 71.1 Å². The van der Waals surface area contributed by atoms with E-state index in [-0.39, 0.29) is 17.4 Å². The first kappa shape index (κ1) is 18.6. The molecule has 1 heterocycles. The molecule has 0 saturated carbocycles. The van der Waals surface area contributed by atoms with E-state index in [2.05, 4.69) is 15.6 Å². The van der Waals surface area contributed by atoms with Crippen molar-refractivity contribution in [2.45, 2.75) is 32.9 Å². The summed E-state index contributed by atoms with van der Waals surface area (Å²) in [4.78, 5) is 28.7. The van der Waals surface area contributed by atoms with Crippen molar-refractivity contribution in [3.05, 3.63) is 65.7 Å². The zero-order chi connectivity index (χ0) is 18.2. The second-order valence-corrected chi connectivity index (χ2v) is 6.21. The Hall–Kier alpha value is -2.76. The molecule has 0 saturated heterocycles. The first-order valence-electron chi connectivity index (χ1n) is 8.19. The van der Waals surface area contributed by atoms with Crippen molar-refractivity contribution in [3.63, 3.8) is 0 Å². The highest BCUT2D eigenvalue weighted by molar-refractivity contribution is 5.97. The van der Waals surface area contributed by atoms with Crippen LogP contribution in [0.1, 0.15) is 36.2 Å². The van der Waals surface area contributed by atoms with Crippen LogP contribution in [0.25, 0.3) is 0 Å². The first-order chi connectivity index (χ1) is 12.0. The Morgan fingerprint density at radius 2 is 1.92 bits per heavy atom. The van der Waals surface area contributed by atoms with Crippen LogP contribution in [0.5, 0.6) is 0 Å². The van der Waals surface area contributed by atoms with Gasteiger partial charge < -0.3 is 10.6 Å². The third kappa shape index (κ3) is 5.67. The van der Waals surface area contributed by atoms with Crippen LogP contribution >= 0.6 is 0 Å². The Bertz CT molecular complexity index is 720. The van der Waals surface area contributed by atoms with Crippen LogP contribution in [0.15, 0.2) is 48.8 Å². The lowest BCUT2D eigenvalue weighted by Crippen LogP contribution is -2.47. The molecule has 0 aliphatic heterocycles. The molecule has 2 N–H and O–H groups in total.